The van der Waals surface area contributed by atoms with Crippen LogP contribution in [0, 0.1) is 22.0 Å². The lowest BCUT2D eigenvalue weighted by atomic mass is 9.80. The van der Waals surface area contributed by atoms with Gasteiger partial charge in [0.2, 0.25) is 11.8 Å². The molecule has 0 aliphatic heterocycles. The Morgan fingerprint density at radius 2 is 1.83 bits per heavy atom. The Labute approximate surface area is 170 Å². The van der Waals surface area contributed by atoms with Crippen molar-refractivity contribution in [2.75, 3.05) is 17.6 Å². The van der Waals surface area contributed by atoms with Crippen LogP contribution >= 0.6 is 0 Å². The quantitative estimate of drug-likeness (QED) is 0.503. The molecule has 0 amide bonds. The molecule has 1 saturated carbocycles. The van der Waals surface area contributed by atoms with Crippen molar-refractivity contribution in [2.24, 2.45) is 17.6 Å². The molecule has 1 aromatic carbocycles. The zero-order chi connectivity index (χ0) is 20.4. The third-order valence-electron chi connectivity index (χ3n) is 6.38. The van der Waals surface area contributed by atoms with E-state index in [1.807, 2.05) is 12.1 Å². The molecule has 1 aromatic heterocycles. The van der Waals surface area contributed by atoms with Gasteiger partial charge in [-0.05, 0) is 74.5 Å². The van der Waals surface area contributed by atoms with Gasteiger partial charge in [0.15, 0.2) is 0 Å². The van der Waals surface area contributed by atoms with Gasteiger partial charge in [0.1, 0.15) is 5.69 Å². The number of nitrogens with zero attached hydrogens (tertiary/aromatic N) is 3. The first-order valence-electron chi connectivity index (χ1n) is 10.4. The summed E-state index contributed by atoms with van der Waals surface area (Å²) in [5.41, 5.74) is 14.6. The van der Waals surface area contributed by atoms with Gasteiger partial charge in [-0.3, -0.25) is 10.1 Å². The van der Waals surface area contributed by atoms with Crippen LogP contribution in [0.4, 0.5) is 17.5 Å². The monoisotopic (exact) mass is 396 g/mol. The average molecular weight is 396 g/mol. The van der Waals surface area contributed by atoms with E-state index in [1.165, 1.54) is 11.1 Å². The minimum Gasteiger partial charge on any atom is -0.378 e. The Hall–Kier alpha value is -2.74. The molecule has 2 aromatic rings. The Balaban J connectivity index is 1.56. The predicted octanol–water partition coefficient (Wildman–Crippen LogP) is 3.37. The van der Waals surface area contributed by atoms with E-state index in [0.29, 0.717) is 36.4 Å². The maximum Gasteiger partial charge on any atom is 0.332 e. The molecule has 29 heavy (non-hydrogen) atoms. The third-order valence-corrected chi connectivity index (χ3v) is 6.38. The number of rotatable bonds is 6. The number of nitro groups is 1. The van der Waals surface area contributed by atoms with E-state index in [-0.39, 0.29) is 17.5 Å². The summed E-state index contributed by atoms with van der Waals surface area (Å²) in [6, 6.07) is 8.39. The van der Waals surface area contributed by atoms with Gasteiger partial charge in [-0.1, -0.05) is 24.3 Å². The SMILES string of the molecule is NCC1CCC(Cc2nc(N[C@@H]3CCc4ccccc43)nc(N)c2[N+](=O)[O-])CC1. The van der Waals surface area contributed by atoms with Crippen molar-refractivity contribution in [1.29, 1.82) is 0 Å². The van der Waals surface area contributed by atoms with Crippen LogP contribution in [0.1, 0.15) is 55.0 Å². The number of fused-ring (bicyclic) bond motifs is 1. The number of nitrogens with one attached hydrogen (secondary N) is 1. The number of aryl methyl sites for hydroxylation is 1. The third kappa shape index (κ3) is 4.17. The lowest BCUT2D eigenvalue weighted by Crippen LogP contribution is -2.23. The molecular formula is C21H28N6O2. The molecule has 1 atom stereocenters. The van der Waals surface area contributed by atoms with Crippen molar-refractivity contribution in [2.45, 2.75) is 51.0 Å². The zero-order valence-corrected chi connectivity index (χ0v) is 16.5. The molecule has 2 aliphatic carbocycles. The second-order valence-corrected chi connectivity index (χ2v) is 8.25. The van der Waals surface area contributed by atoms with Crippen molar-refractivity contribution in [3.05, 3.63) is 51.2 Å². The lowest BCUT2D eigenvalue weighted by Gasteiger charge is -2.27. The molecule has 2 aliphatic rings. The average Bonchev–Trinajstić information content (AvgIpc) is 3.11. The summed E-state index contributed by atoms with van der Waals surface area (Å²) in [5.74, 6) is 1.24. The van der Waals surface area contributed by atoms with Crippen molar-refractivity contribution >= 4 is 17.5 Å². The summed E-state index contributed by atoms with van der Waals surface area (Å²) in [4.78, 5) is 19.9. The number of benzene rings is 1. The van der Waals surface area contributed by atoms with Crippen LogP contribution in [-0.4, -0.2) is 21.4 Å². The highest BCUT2D eigenvalue weighted by Crippen LogP contribution is 2.36. The van der Waals surface area contributed by atoms with Crippen molar-refractivity contribution in [3.63, 3.8) is 0 Å². The predicted molar refractivity (Wildman–Crippen MR) is 112 cm³/mol. The minimum absolute atomic E-state index is 0.0653. The summed E-state index contributed by atoms with van der Waals surface area (Å²) in [7, 11) is 0. The smallest absolute Gasteiger partial charge is 0.332 e. The molecular weight excluding hydrogens is 368 g/mol. The van der Waals surface area contributed by atoms with Gasteiger partial charge in [-0.15, -0.1) is 0 Å². The Morgan fingerprint density at radius 1 is 1.10 bits per heavy atom. The van der Waals surface area contributed by atoms with Crippen LogP contribution in [0.25, 0.3) is 0 Å². The van der Waals surface area contributed by atoms with E-state index in [0.717, 1.165) is 38.5 Å². The molecule has 0 spiro atoms. The van der Waals surface area contributed by atoms with E-state index in [1.54, 1.807) is 0 Å². The molecule has 1 fully saturated rings. The van der Waals surface area contributed by atoms with E-state index in [4.69, 9.17) is 11.5 Å². The number of hydrogen-bond acceptors (Lipinski definition) is 7. The van der Waals surface area contributed by atoms with Crippen molar-refractivity contribution in [3.8, 4) is 0 Å². The van der Waals surface area contributed by atoms with Crippen LogP contribution < -0.4 is 16.8 Å². The van der Waals surface area contributed by atoms with Crippen LogP contribution in [0.3, 0.4) is 0 Å². The fourth-order valence-electron chi connectivity index (χ4n) is 4.73. The first-order valence-corrected chi connectivity index (χ1v) is 10.4. The number of nitrogens with two attached hydrogens (primary N) is 2. The number of hydrogen-bond donors (Lipinski definition) is 3. The Kier molecular flexibility index (Phi) is 5.62. The summed E-state index contributed by atoms with van der Waals surface area (Å²) < 4.78 is 0. The first-order chi connectivity index (χ1) is 14.0. The molecule has 154 valence electrons. The maximum atomic E-state index is 11.6. The largest absolute Gasteiger partial charge is 0.378 e. The normalized spacial score (nSPS) is 23.6. The van der Waals surface area contributed by atoms with Crippen LogP contribution in [-0.2, 0) is 12.8 Å². The lowest BCUT2D eigenvalue weighted by molar-refractivity contribution is -0.385. The second kappa shape index (κ2) is 8.32. The molecule has 0 saturated heterocycles. The van der Waals surface area contributed by atoms with Gasteiger partial charge < -0.3 is 16.8 Å². The highest BCUT2D eigenvalue weighted by Gasteiger charge is 2.29. The molecule has 0 unspecified atom stereocenters. The fourth-order valence-corrected chi connectivity index (χ4v) is 4.73. The summed E-state index contributed by atoms with van der Waals surface area (Å²) in [6.45, 7) is 0.713. The molecule has 1 heterocycles. The fraction of sp³-hybridized carbons (Fsp3) is 0.524. The molecule has 8 heteroatoms. The summed E-state index contributed by atoms with van der Waals surface area (Å²) >= 11 is 0. The van der Waals surface area contributed by atoms with Crippen LogP contribution in [0.15, 0.2) is 24.3 Å². The number of aromatic nitrogens is 2. The summed E-state index contributed by atoms with van der Waals surface area (Å²) in [5, 5.41) is 15.0. The van der Waals surface area contributed by atoms with E-state index < -0.39 is 4.92 Å². The van der Waals surface area contributed by atoms with Gasteiger partial charge in [0.05, 0.1) is 11.0 Å². The van der Waals surface area contributed by atoms with E-state index >= 15 is 0 Å². The Bertz CT molecular complexity index is 895. The zero-order valence-electron chi connectivity index (χ0n) is 16.5. The number of nitrogen functional groups attached to an aromatic ring is 1. The summed E-state index contributed by atoms with van der Waals surface area (Å²) in [6.07, 6.45) is 6.66. The van der Waals surface area contributed by atoms with Crippen molar-refractivity contribution < 1.29 is 4.92 Å². The Morgan fingerprint density at radius 3 is 2.55 bits per heavy atom. The molecule has 4 rings (SSSR count). The first kappa shape index (κ1) is 19.6. The van der Waals surface area contributed by atoms with Gasteiger partial charge in [-0.2, -0.15) is 4.98 Å². The van der Waals surface area contributed by atoms with Gasteiger partial charge in [-0.25, -0.2) is 4.98 Å². The van der Waals surface area contributed by atoms with E-state index in [2.05, 4.69) is 27.4 Å². The van der Waals surface area contributed by atoms with Crippen LogP contribution in [0.5, 0.6) is 0 Å². The van der Waals surface area contributed by atoms with Gasteiger partial charge in [0.25, 0.3) is 0 Å². The number of anilines is 2. The standard InChI is InChI=1S/C21H28N6O2/c22-12-14-7-5-13(6-8-14)11-18-19(27(28)29)20(23)26-21(25-18)24-17-10-9-15-3-1-2-4-16(15)17/h1-4,13-14,17H,5-12,22H2,(H3,23,24,25,26)/t13?,14?,17-/m1/s1. The van der Waals surface area contributed by atoms with Crippen molar-refractivity contribution in [1.82, 2.24) is 9.97 Å². The second-order valence-electron chi connectivity index (χ2n) is 8.25. The molecule has 8 nitrogen and oxygen atoms in total. The minimum atomic E-state index is -0.454. The van der Waals surface area contributed by atoms with E-state index in [9.17, 15) is 10.1 Å². The highest BCUT2D eigenvalue weighted by molar-refractivity contribution is 5.58. The molecule has 0 bridgehead atoms. The molecule has 5 N–H and O–H groups in total. The van der Waals surface area contributed by atoms with Crippen LogP contribution in [0.2, 0.25) is 0 Å². The van der Waals surface area contributed by atoms with Gasteiger partial charge in [0, 0.05) is 0 Å². The molecule has 0 radical (unpaired) electrons. The highest BCUT2D eigenvalue weighted by atomic mass is 16.6. The maximum absolute atomic E-state index is 11.6. The van der Waals surface area contributed by atoms with Gasteiger partial charge >= 0.3 is 5.69 Å². The topological polar surface area (TPSA) is 133 Å².